The largest absolute Gasteiger partial charge is 0.423 e. The molecule has 0 saturated carbocycles. The van der Waals surface area contributed by atoms with E-state index < -0.39 is 5.82 Å². The minimum Gasteiger partial charge on any atom is -0.423 e. The standard InChI is InChI=1S/C17H16FN3O2/c1-10(9-15(19)22)11-5-7-12(8-6-11)20-17-21-16-13(18)3-2-4-14(16)23-17/h2-8,10H,9H2,1H3,(H2,19,22)(H,20,21). The highest BCUT2D eigenvalue weighted by Crippen LogP contribution is 2.25. The third-order valence-corrected chi connectivity index (χ3v) is 3.61. The number of amides is 1. The molecule has 0 fully saturated rings. The summed E-state index contributed by atoms with van der Waals surface area (Å²) in [4.78, 5) is 15.1. The number of primary amides is 1. The lowest BCUT2D eigenvalue weighted by Gasteiger charge is -2.10. The van der Waals surface area contributed by atoms with E-state index in [2.05, 4.69) is 10.3 Å². The number of carbonyl (C=O) groups is 1. The number of anilines is 2. The highest BCUT2D eigenvalue weighted by atomic mass is 19.1. The number of fused-ring (bicyclic) bond motifs is 1. The van der Waals surface area contributed by atoms with E-state index in [1.165, 1.54) is 6.07 Å². The summed E-state index contributed by atoms with van der Waals surface area (Å²) < 4.78 is 19.1. The van der Waals surface area contributed by atoms with Crippen molar-refractivity contribution in [2.24, 2.45) is 5.73 Å². The van der Waals surface area contributed by atoms with Gasteiger partial charge in [0, 0.05) is 12.1 Å². The molecule has 3 aromatic rings. The van der Waals surface area contributed by atoms with Gasteiger partial charge in [-0.05, 0) is 35.7 Å². The molecule has 1 amide bonds. The van der Waals surface area contributed by atoms with Crippen LogP contribution in [0.15, 0.2) is 46.9 Å². The number of oxazole rings is 1. The normalized spacial score (nSPS) is 12.3. The van der Waals surface area contributed by atoms with Gasteiger partial charge in [-0.3, -0.25) is 4.79 Å². The average Bonchev–Trinajstić information content (AvgIpc) is 2.91. The third-order valence-electron chi connectivity index (χ3n) is 3.61. The molecule has 1 unspecified atom stereocenters. The van der Waals surface area contributed by atoms with Crippen molar-refractivity contribution in [1.29, 1.82) is 0 Å². The molecular weight excluding hydrogens is 297 g/mol. The summed E-state index contributed by atoms with van der Waals surface area (Å²) in [6.45, 7) is 1.94. The van der Waals surface area contributed by atoms with Gasteiger partial charge in [0.05, 0.1) is 0 Å². The Hall–Kier alpha value is -2.89. The molecule has 0 aliphatic rings. The van der Waals surface area contributed by atoms with E-state index in [-0.39, 0.29) is 23.4 Å². The zero-order valence-electron chi connectivity index (χ0n) is 12.5. The first-order valence-electron chi connectivity index (χ1n) is 7.23. The Morgan fingerprint density at radius 1 is 1.30 bits per heavy atom. The van der Waals surface area contributed by atoms with Gasteiger partial charge in [0.15, 0.2) is 11.4 Å². The van der Waals surface area contributed by atoms with Crippen LogP contribution in [-0.2, 0) is 4.79 Å². The molecule has 0 radical (unpaired) electrons. The molecular formula is C17H16FN3O2. The van der Waals surface area contributed by atoms with Crippen molar-refractivity contribution < 1.29 is 13.6 Å². The van der Waals surface area contributed by atoms with Crippen LogP contribution < -0.4 is 11.1 Å². The first kappa shape index (κ1) is 15.0. The summed E-state index contributed by atoms with van der Waals surface area (Å²) in [5.41, 5.74) is 7.56. The van der Waals surface area contributed by atoms with Crippen LogP contribution in [0.5, 0.6) is 0 Å². The molecule has 0 bridgehead atoms. The number of benzene rings is 2. The second-order valence-electron chi connectivity index (χ2n) is 5.42. The molecule has 3 N–H and O–H groups in total. The Labute approximate surface area is 132 Å². The monoisotopic (exact) mass is 313 g/mol. The number of rotatable bonds is 5. The topological polar surface area (TPSA) is 81.2 Å². The van der Waals surface area contributed by atoms with Crippen LogP contribution in [0.4, 0.5) is 16.1 Å². The first-order chi connectivity index (χ1) is 11.0. The molecule has 23 heavy (non-hydrogen) atoms. The van der Waals surface area contributed by atoms with Crippen LogP contribution in [0, 0.1) is 5.82 Å². The molecule has 2 aromatic carbocycles. The number of nitrogens with two attached hydrogens (primary N) is 1. The molecule has 118 valence electrons. The van der Waals surface area contributed by atoms with E-state index in [4.69, 9.17) is 10.2 Å². The Kier molecular flexibility index (Phi) is 3.97. The first-order valence-corrected chi connectivity index (χ1v) is 7.23. The van der Waals surface area contributed by atoms with E-state index in [9.17, 15) is 9.18 Å². The second kappa shape index (κ2) is 6.08. The second-order valence-corrected chi connectivity index (χ2v) is 5.42. The Morgan fingerprint density at radius 3 is 2.70 bits per heavy atom. The predicted octanol–water partition coefficient (Wildman–Crippen LogP) is 3.69. The molecule has 6 heteroatoms. The fourth-order valence-corrected chi connectivity index (χ4v) is 2.41. The van der Waals surface area contributed by atoms with E-state index in [0.29, 0.717) is 12.0 Å². The highest BCUT2D eigenvalue weighted by Gasteiger charge is 2.11. The SMILES string of the molecule is CC(CC(N)=O)c1ccc(Nc2nc3c(F)cccc3o2)cc1. The zero-order valence-corrected chi connectivity index (χ0v) is 12.5. The fraction of sp³-hybridized carbons (Fsp3) is 0.176. The number of aromatic nitrogens is 1. The molecule has 5 nitrogen and oxygen atoms in total. The van der Waals surface area contributed by atoms with Gasteiger partial charge >= 0.3 is 0 Å². The van der Waals surface area contributed by atoms with E-state index in [1.54, 1.807) is 12.1 Å². The minimum absolute atomic E-state index is 0.0555. The van der Waals surface area contributed by atoms with Crippen molar-refractivity contribution in [3.05, 3.63) is 53.8 Å². The molecule has 0 aliphatic carbocycles. The number of nitrogens with one attached hydrogen (secondary N) is 1. The molecule has 1 atom stereocenters. The lowest BCUT2D eigenvalue weighted by atomic mass is 9.97. The quantitative estimate of drug-likeness (QED) is 0.752. The van der Waals surface area contributed by atoms with Gasteiger partial charge in [0.25, 0.3) is 6.01 Å². The molecule has 1 heterocycles. The predicted molar refractivity (Wildman–Crippen MR) is 85.9 cm³/mol. The summed E-state index contributed by atoms with van der Waals surface area (Å²) in [5.74, 6) is -0.692. The van der Waals surface area contributed by atoms with Gasteiger partial charge in [0.2, 0.25) is 5.91 Å². The van der Waals surface area contributed by atoms with Crippen molar-refractivity contribution in [3.8, 4) is 0 Å². The van der Waals surface area contributed by atoms with Crippen LogP contribution in [-0.4, -0.2) is 10.9 Å². The van der Waals surface area contributed by atoms with Crippen molar-refractivity contribution >= 4 is 28.7 Å². The maximum Gasteiger partial charge on any atom is 0.300 e. The Bertz CT molecular complexity index is 843. The van der Waals surface area contributed by atoms with E-state index in [0.717, 1.165) is 11.3 Å². The van der Waals surface area contributed by atoms with Crippen LogP contribution in [0.2, 0.25) is 0 Å². The Balaban J connectivity index is 1.77. The van der Waals surface area contributed by atoms with E-state index in [1.807, 2.05) is 31.2 Å². The minimum atomic E-state index is -0.421. The van der Waals surface area contributed by atoms with Crippen molar-refractivity contribution in [2.75, 3.05) is 5.32 Å². The lowest BCUT2D eigenvalue weighted by Crippen LogP contribution is -2.13. The number of para-hydroxylation sites is 1. The van der Waals surface area contributed by atoms with Gasteiger partial charge in [-0.25, -0.2) is 4.39 Å². The summed E-state index contributed by atoms with van der Waals surface area (Å²) in [6.07, 6.45) is 0.303. The van der Waals surface area contributed by atoms with Gasteiger partial charge < -0.3 is 15.5 Å². The van der Waals surface area contributed by atoms with Crippen LogP contribution in [0.3, 0.4) is 0 Å². The number of halogens is 1. The van der Waals surface area contributed by atoms with Gasteiger partial charge in [0.1, 0.15) is 5.52 Å². The molecule has 0 aliphatic heterocycles. The fourth-order valence-electron chi connectivity index (χ4n) is 2.41. The summed E-state index contributed by atoms with van der Waals surface area (Å²) in [6, 6.07) is 12.3. The maximum atomic E-state index is 13.6. The average molecular weight is 313 g/mol. The lowest BCUT2D eigenvalue weighted by molar-refractivity contribution is -0.118. The number of carbonyl (C=O) groups excluding carboxylic acids is 1. The molecule has 3 rings (SSSR count). The Morgan fingerprint density at radius 2 is 2.04 bits per heavy atom. The van der Waals surface area contributed by atoms with E-state index >= 15 is 0 Å². The van der Waals surface area contributed by atoms with Crippen molar-refractivity contribution in [1.82, 2.24) is 4.98 Å². The smallest absolute Gasteiger partial charge is 0.300 e. The summed E-state index contributed by atoms with van der Waals surface area (Å²) in [5, 5.41) is 2.99. The summed E-state index contributed by atoms with van der Waals surface area (Å²) >= 11 is 0. The zero-order chi connectivity index (χ0) is 16.4. The van der Waals surface area contributed by atoms with Gasteiger partial charge in [-0.15, -0.1) is 0 Å². The van der Waals surface area contributed by atoms with Gasteiger partial charge in [-0.2, -0.15) is 4.98 Å². The number of nitrogens with zero attached hydrogens (tertiary/aromatic N) is 1. The molecule has 1 aromatic heterocycles. The summed E-state index contributed by atoms with van der Waals surface area (Å²) in [7, 11) is 0. The molecule has 0 saturated heterocycles. The number of hydrogen-bond donors (Lipinski definition) is 2. The van der Waals surface area contributed by atoms with Crippen LogP contribution in [0.25, 0.3) is 11.1 Å². The molecule has 0 spiro atoms. The number of hydrogen-bond acceptors (Lipinski definition) is 4. The van der Waals surface area contributed by atoms with Gasteiger partial charge in [-0.1, -0.05) is 25.1 Å². The highest BCUT2D eigenvalue weighted by molar-refractivity contribution is 5.76. The van der Waals surface area contributed by atoms with Crippen molar-refractivity contribution in [3.63, 3.8) is 0 Å². The van der Waals surface area contributed by atoms with Crippen LogP contribution in [0.1, 0.15) is 24.8 Å². The van der Waals surface area contributed by atoms with Crippen molar-refractivity contribution in [2.45, 2.75) is 19.3 Å². The van der Waals surface area contributed by atoms with Crippen LogP contribution >= 0.6 is 0 Å². The maximum absolute atomic E-state index is 13.6. The third kappa shape index (κ3) is 3.31.